The van der Waals surface area contributed by atoms with E-state index in [1.165, 1.54) is 19.2 Å². The van der Waals surface area contributed by atoms with E-state index in [1.807, 2.05) is 6.92 Å². The highest BCUT2D eigenvalue weighted by molar-refractivity contribution is 7.89. The smallest absolute Gasteiger partial charge is 0.240 e. The molecule has 146 valence electrons. The number of guanidine groups is 1. The molecule has 0 amide bonds. The van der Waals surface area contributed by atoms with E-state index in [2.05, 4.69) is 20.3 Å². The zero-order valence-corrected chi connectivity index (χ0v) is 16.5. The molecule has 0 aliphatic carbocycles. The van der Waals surface area contributed by atoms with Crippen LogP contribution in [-0.4, -0.2) is 35.0 Å². The molecule has 0 aromatic heterocycles. The van der Waals surface area contributed by atoms with Crippen LogP contribution in [0.2, 0.25) is 0 Å². The van der Waals surface area contributed by atoms with Gasteiger partial charge in [-0.2, -0.15) is 0 Å². The van der Waals surface area contributed by atoms with Crippen molar-refractivity contribution in [2.45, 2.75) is 24.8 Å². The van der Waals surface area contributed by atoms with Crippen LogP contribution in [0.25, 0.3) is 0 Å². The second kappa shape index (κ2) is 9.48. The molecule has 0 spiro atoms. The molecule has 0 aliphatic heterocycles. The Bertz CT molecular complexity index is 896. The lowest BCUT2D eigenvalue weighted by atomic mass is 10.1. The van der Waals surface area contributed by atoms with E-state index in [1.54, 1.807) is 37.4 Å². The molecule has 0 radical (unpaired) electrons. The van der Waals surface area contributed by atoms with Crippen LogP contribution >= 0.6 is 0 Å². The maximum atomic E-state index is 13.1. The molecule has 2 rings (SSSR count). The van der Waals surface area contributed by atoms with Gasteiger partial charge in [0.1, 0.15) is 5.82 Å². The summed E-state index contributed by atoms with van der Waals surface area (Å²) in [7, 11) is -0.361. The second-order valence-corrected chi connectivity index (χ2v) is 7.91. The summed E-state index contributed by atoms with van der Waals surface area (Å²) in [5, 5.41) is 6.40. The molecule has 2 aromatic rings. The lowest BCUT2D eigenvalue weighted by Gasteiger charge is -2.13. The number of hydrogen-bond donors (Lipinski definition) is 3. The number of aryl methyl sites for hydroxylation is 1. The minimum absolute atomic E-state index is 0.227. The Labute approximate surface area is 160 Å². The van der Waals surface area contributed by atoms with Crippen LogP contribution in [-0.2, 0) is 23.0 Å². The Hall–Kier alpha value is -2.45. The highest BCUT2D eigenvalue weighted by Crippen LogP contribution is 2.11. The number of sulfonamides is 1. The van der Waals surface area contributed by atoms with Crippen molar-refractivity contribution in [1.82, 2.24) is 15.4 Å². The highest BCUT2D eigenvalue weighted by Gasteiger charge is 2.10. The normalized spacial score (nSPS) is 12.1. The van der Waals surface area contributed by atoms with Gasteiger partial charge in [0.05, 0.1) is 4.90 Å². The van der Waals surface area contributed by atoms with Crippen molar-refractivity contribution in [3.05, 3.63) is 65.0 Å². The Balaban J connectivity index is 1.85. The van der Waals surface area contributed by atoms with E-state index in [0.717, 1.165) is 23.1 Å². The molecule has 0 unspecified atom stereocenters. The fraction of sp³-hybridized carbons (Fsp3) is 0.316. The lowest BCUT2D eigenvalue weighted by Crippen LogP contribution is -2.37. The maximum absolute atomic E-state index is 13.1. The zero-order valence-electron chi connectivity index (χ0n) is 15.7. The number of rotatable bonds is 7. The van der Waals surface area contributed by atoms with Gasteiger partial charge in [0.15, 0.2) is 5.96 Å². The fourth-order valence-electron chi connectivity index (χ4n) is 2.57. The van der Waals surface area contributed by atoms with Gasteiger partial charge in [-0.1, -0.05) is 18.2 Å². The predicted molar refractivity (Wildman–Crippen MR) is 106 cm³/mol. The molecule has 27 heavy (non-hydrogen) atoms. The minimum atomic E-state index is -3.43. The second-order valence-electron chi connectivity index (χ2n) is 6.02. The molecule has 0 atom stereocenters. The number of nitrogens with zero attached hydrogens (tertiary/aromatic N) is 1. The van der Waals surface area contributed by atoms with E-state index >= 15 is 0 Å². The third-order valence-corrected chi connectivity index (χ3v) is 5.61. The summed E-state index contributed by atoms with van der Waals surface area (Å²) in [5.41, 5.74) is 2.94. The molecular weight excluding hydrogens is 367 g/mol. The fourth-order valence-corrected chi connectivity index (χ4v) is 3.30. The first-order valence-corrected chi connectivity index (χ1v) is 10.1. The minimum Gasteiger partial charge on any atom is -0.356 e. The molecule has 0 aliphatic rings. The van der Waals surface area contributed by atoms with Gasteiger partial charge in [-0.05, 0) is 61.3 Å². The van der Waals surface area contributed by atoms with Crippen LogP contribution in [0, 0.1) is 12.7 Å². The quantitative estimate of drug-likeness (QED) is 0.497. The van der Waals surface area contributed by atoms with Gasteiger partial charge in [0, 0.05) is 20.1 Å². The Morgan fingerprint density at radius 2 is 1.81 bits per heavy atom. The van der Waals surface area contributed by atoms with Crippen molar-refractivity contribution in [3.63, 3.8) is 0 Å². The van der Waals surface area contributed by atoms with Crippen molar-refractivity contribution < 1.29 is 12.8 Å². The van der Waals surface area contributed by atoms with Gasteiger partial charge in [0.25, 0.3) is 0 Å². The van der Waals surface area contributed by atoms with Crippen LogP contribution in [0.1, 0.15) is 16.7 Å². The van der Waals surface area contributed by atoms with Crippen LogP contribution in [0.5, 0.6) is 0 Å². The summed E-state index contributed by atoms with van der Waals surface area (Å²) in [5.74, 6) is 0.414. The molecule has 0 saturated carbocycles. The third kappa shape index (κ3) is 6.04. The van der Waals surface area contributed by atoms with E-state index in [4.69, 9.17) is 0 Å². The topological polar surface area (TPSA) is 82.6 Å². The SMILES string of the molecule is CN=C(NCCc1ccc(F)cc1C)NCc1ccc(S(=O)(=O)NC)cc1. The van der Waals surface area contributed by atoms with E-state index in [0.29, 0.717) is 19.0 Å². The molecule has 6 nitrogen and oxygen atoms in total. The van der Waals surface area contributed by atoms with Gasteiger partial charge < -0.3 is 10.6 Å². The summed E-state index contributed by atoms with van der Waals surface area (Å²) in [6.45, 7) is 3.06. The average molecular weight is 393 g/mol. The number of nitrogens with one attached hydrogen (secondary N) is 3. The summed E-state index contributed by atoms with van der Waals surface area (Å²) < 4.78 is 38.9. The summed E-state index contributed by atoms with van der Waals surface area (Å²) in [6.07, 6.45) is 0.753. The molecule has 8 heteroatoms. The Kier molecular flexibility index (Phi) is 7.32. The summed E-state index contributed by atoms with van der Waals surface area (Å²) >= 11 is 0. The van der Waals surface area contributed by atoms with E-state index < -0.39 is 10.0 Å². The molecule has 0 fully saturated rings. The monoisotopic (exact) mass is 392 g/mol. The van der Waals surface area contributed by atoms with Crippen molar-refractivity contribution in [3.8, 4) is 0 Å². The third-order valence-electron chi connectivity index (χ3n) is 4.18. The zero-order chi connectivity index (χ0) is 19.9. The van der Waals surface area contributed by atoms with E-state index in [-0.39, 0.29) is 10.7 Å². The van der Waals surface area contributed by atoms with Crippen molar-refractivity contribution in [2.75, 3.05) is 20.6 Å². The molecule has 0 bridgehead atoms. The lowest BCUT2D eigenvalue weighted by molar-refractivity contribution is 0.588. The Morgan fingerprint density at radius 3 is 2.41 bits per heavy atom. The first-order valence-electron chi connectivity index (χ1n) is 8.57. The molecule has 3 N–H and O–H groups in total. The molecular formula is C19H25FN4O2S. The largest absolute Gasteiger partial charge is 0.356 e. The van der Waals surface area contributed by atoms with Gasteiger partial charge in [-0.15, -0.1) is 0 Å². The molecule has 2 aromatic carbocycles. The van der Waals surface area contributed by atoms with Gasteiger partial charge >= 0.3 is 0 Å². The average Bonchev–Trinajstić information content (AvgIpc) is 2.66. The van der Waals surface area contributed by atoms with Gasteiger partial charge in [-0.25, -0.2) is 17.5 Å². The van der Waals surface area contributed by atoms with Gasteiger partial charge in [-0.3, -0.25) is 4.99 Å². The van der Waals surface area contributed by atoms with Gasteiger partial charge in [0.2, 0.25) is 10.0 Å². The van der Waals surface area contributed by atoms with E-state index in [9.17, 15) is 12.8 Å². The van der Waals surface area contributed by atoms with Crippen LogP contribution in [0.3, 0.4) is 0 Å². The van der Waals surface area contributed by atoms with Crippen LogP contribution in [0.15, 0.2) is 52.4 Å². The summed E-state index contributed by atoms with van der Waals surface area (Å²) in [6, 6.07) is 11.4. The number of aliphatic imine (C=N–C) groups is 1. The Morgan fingerprint density at radius 1 is 1.11 bits per heavy atom. The van der Waals surface area contributed by atoms with Crippen molar-refractivity contribution in [1.29, 1.82) is 0 Å². The number of benzene rings is 2. The maximum Gasteiger partial charge on any atom is 0.240 e. The first kappa shape index (κ1) is 20.9. The van der Waals surface area contributed by atoms with Crippen LogP contribution in [0.4, 0.5) is 4.39 Å². The number of hydrogen-bond acceptors (Lipinski definition) is 3. The van der Waals surface area contributed by atoms with Crippen molar-refractivity contribution in [2.24, 2.45) is 4.99 Å². The first-order chi connectivity index (χ1) is 12.9. The molecule has 0 saturated heterocycles. The van der Waals surface area contributed by atoms with Crippen LogP contribution < -0.4 is 15.4 Å². The highest BCUT2D eigenvalue weighted by atomic mass is 32.2. The molecule has 0 heterocycles. The predicted octanol–water partition coefficient (Wildman–Crippen LogP) is 1.95. The summed E-state index contributed by atoms with van der Waals surface area (Å²) in [4.78, 5) is 4.40. The standard InChI is InChI=1S/C19H25FN4O2S/c1-14-12-17(20)7-6-16(14)10-11-23-19(21-2)24-13-15-4-8-18(9-5-15)27(25,26)22-3/h4-9,12,22H,10-11,13H2,1-3H3,(H2,21,23,24). The number of halogens is 1. The van der Waals surface area contributed by atoms with Crippen molar-refractivity contribution >= 4 is 16.0 Å².